The molecule has 0 radical (unpaired) electrons. The second-order valence-corrected chi connectivity index (χ2v) is 4.74. The van der Waals surface area contributed by atoms with Crippen LogP contribution in [0.2, 0.25) is 0 Å². The molecule has 0 aliphatic carbocycles. The van der Waals surface area contributed by atoms with Crippen molar-refractivity contribution in [2.45, 2.75) is 0 Å². The summed E-state index contributed by atoms with van der Waals surface area (Å²) in [6, 6.07) is 0. The third-order valence-corrected chi connectivity index (χ3v) is 2.91. The first-order valence-electron chi connectivity index (χ1n) is 6.11. The molecule has 0 saturated carbocycles. The van der Waals surface area contributed by atoms with Crippen molar-refractivity contribution in [1.82, 2.24) is 29.2 Å². The molecule has 2 aromatic heterocycles. The average Bonchev–Trinajstić information content (AvgIpc) is 2.42. The van der Waals surface area contributed by atoms with E-state index < -0.39 is 11.2 Å². The second kappa shape index (κ2) is 5.37. The van der Waals surface area contributed by atoms with Crippen molar-refractivity contribution >= 4 is 17.1 Å². The molecule has 108 valence electrons. The van der Waals surface area contributed by atoms with Crippen LogP contribution in [0.25, 0.3) is 11.2 Å². The van der Waals surface area contributed by atoms with Gasteiger partial charge in [-0.3, -0.25) is 13.9 Å². The Morgan fingerprint density at radius 3 is 2.50 bits per heavy atom. The molecule has 0 atom stereocenters. The van der Waals surface area contributed by atoms with Crippen molar-refractivity contribution in [3.05, 3.63) is 20.8 Å². The molecule has 0 bridgehead atoms. The lowest BCUT2D eigenvalue weighted by Crippen LogP contribution is -2.38. The topological polar surface area (TPSA) is 97.9 Å². The highest BCUT2D eigenvalue weighted by Crippen LogP contribution is 2.02. The Morgan fingerprint density at radius 2 is 1.85 bits per heavy atom. The third kappa shape index (κ3) is 2.52. The lowest BCUT2D eigenvalue weighted by atomic mass is 10.5. The highest BCUT2D eigenvalue weighted by molar-refractivity contribution is 5.69. The number of anilines is 1. The monoisotopic (exact) mass is 279 g/mol. The maximum atomic E-state index is 12.0. The van der Waals surface area contributed by atoms with Gasteiger partial charge in [0.05, 0.1) is 0 Å². The van der Waals surface area contributed by atoms with E-state index >= 15 is 0 Å². The summed E-state index contributed by atoms with van der Waals surface area (Å²) < 4.78 is 2.25. The van der Waals surface area contributed by atoms with E-state index in [4.69, 9.17) is 0 Å². The fourth-order valence-corrected chi connectivity index (χ4v) is 1.72. The third-order valence-electron chi connectivity index (χ3n) is 2.91. The largest absolute Gasteiger partial charge is 0.352 e. The lowest BCUT2D eigenvalue weighted by molar-refractivity contribution is 0.425. The maximum absolute atomic E-state index is 12.0. The van der Waals surface area contributed by atoms with E-state index in [0.717, 1.165) is 11.1 Å². The molecule has 9 heteroatoms. The average molecular weight is 279 g/mol. The summed E-state index contributed by atoms with van der Waals surface area (Å²) in [7, 11) is 6.84. The van der Waals surface area contributed by atoms with Gasteiger partial charge in [0.25, 0.3) is 5.56 Å². The van der Waals surface area contributed by atoms with Crippen LogP contribution in [0.4, 0.5) is 5.95 Å². The van der Waals surface area contributed by atoms with Crippen LogP contribution in [0.5, 0.6) is 0 Å². The van der Waals surface area contributed by atoms with Gasteiger partial charge in [-0.1, -0.05) is 0 Å². The van der Waals surface area contributed by atoms with E-state index in [2.05, 4.69) is 20.5 Å². The zero-order chi connectivity index (χ0) is 14.9. The smallest absolute Gasteiger partial charge is 0.332 e. The predicted molar refractivity (Wildman–Crippen MR) is 74.9 cm³/mol. The molecule has 1 N–H and O–H groups in total. The normalized spacial score (nSPS) is 11.2. The fraction of sp³-hybridized carbons (Fsp3) is 0.545. The standard InChI is InChI=1S/C11H17N7O2/c1-16(2)6-5-12-10-13-7-8(14-15-10)17(3)11(20)18(4)9(7)19/h5-6H2,1-4H3,(H,12,13,15). The first kappa shape index (κ1) is 14.1. The summed E-state index contributed by atoms with van der Waals surface area (Å²) in [6.45, 7) is 1.43. The first-order chi connectivity index (χ1) is 9.41. The van der Waals surface area contributed by atoms with E-state index in [9.17, 15) is 9.59 Å². The molecule has 0 amide bonds. The highest BCUT2D eigenvalue weighted by Gasteiger charge is 2.12. The van der Waals surface area contributed by atoms with Crippen molar-refractivity contribution < 1.29 is 0 Å². The van der Waals surface area contributed by atoms with Gasteiger partial charge in [-0.25, -0.2) is 9.78 Å². The minimum absolute atomic E-state index is 0.122. The number of hydrogen-bond donors (Lipinski definition) is 1. The van der Waals surface area contributed by atoms with Crippen molar-refractivity contribution in [1.29, 1.82) is 0 Å². The van der Waals surface area contributed by atoms with Gasteiger partial charge in [0, 0.05) is 27.2 Å². The van der Waals surface area contributed by atoms with E-state index in [0.29, 0.717) is 6.54 Å². The van der Waals surface area contributed by atoms with Crippen LogP contribution in [0, 0.1) is 0 Å². The van der Waals surface area contributed by atoms with E-state index in [1.165, 1.54) is 18.7 Å². The Bertz CT molecular complexity index is 747. The summed E-state index contributed by atoms with van der Waals surface area (Å²) in [6.07, 6.45) is 0. The van der Waals surface area contributed by atoms with Crippen LogP contribution < -0.4 is 16.6 Å². The molecular formula is C11H17N7O2. The number of rotatable bonds is 4. The minimum Gasteiger partial charge on any atom is -0.352 e. The van der Waals surface area contributed by atoms with Crippen molar-refractivity contribution in [3.8, 4) is 0 Å². The Hall–Kier alpha value is -2.29. The molecule has 0 saturated heterocycles. The maximum Gasteiger partial charge on any atom is 0.332 e. The SMILES string of the molecule is CN(C)CCNc1nnc2c(n1)c(=O)n(C)c(=O)n2C. The van der Waals surface area contributed by atoms with Gasteiger partial charge >= 0.3 is 5.69 Å². The molecule has 0 fully saturated rings. The van der Waals surface area contributed by atoms with Gasteiger partial charge in [0.15, 0.2) is 11.2 Å². The highest BCUT2D eigenvalue weighted by atomic mass is 16.2. The zero-order valence-corrected chi connectivity index (χ0v) is 11.9. The van der Waals surface area contributed by atoms with Gasteiger partial charge < -0.3 is 10.2 Å². The van der Waals surface area contributed by atoms with Crippen molar-refractivity contribution in [2.24, 2.45) is 14.1 Å². The predicted octanol–water partition coefficient (Wildman–Crippen LogP) is -1.60. The molecule has 0 aliphatic heterocycles. The van der Waals surface area contributed by atoms with Crippen LogP contribution in [-0.2, 0) is 14.1 Å². The van der Waals surface area contributed by atoms with Gasteiger partial charge in [0.1, 0.15) is 0 Å². The number of hydrogen-bond acceptors (Lipinski definition) is 7. The molecule has 2 aromatic rings. The van der Waals surface area contributed by atoms with Crippen molar-refractivity contribution in [3.63, 3.8) is 0 Å². The zero-order valence-electron chi connectivity index (χ0n) is 11.9. The molecule has 0 aliphatic rings. The summed E-state index contributed by atoms with van der Waals surface area (Å²) in [4.78, 5) is 29.9. The summed E-state index contributed by atoms with van der Waals surface area (Å²) in [5, 5.41) is 10.8. The summed E-state index contributed by atoms with van der Waals surface area (Å²) >= 11 is 0. The van der Waals surface area contributed by atoms with Crippen LogP contribution >= 0.6 is 0 Å². The molecule has 20 heavy (non-hydrogen) atoms. The van der Waals surface area contributed by atoms with Gasteiger partial charge in [-0.15, -0.1) is 10.2 Å². The van der Waals surface area contributed by atoms with Gasteiger partial charge in [0.2, 0.25) is 5.95 Å². The Morgan fingerprint density at radius 1 is 1.15 bits per heavy atom. The second-order valence-electron chi connectivity index (χ2n) is 4.74. The van der Waals surface area contributed by atoms with Gasteiger partial charge in [-0.2, -0.15) is 0 Å². The Balaban J connectivity index is 2.44. The molecule has 0 unspecified atom stereocenters. The minimum atomic E-state index is -0.478. The Labute approximate surface area is 114 Å². The molecule has 9 nitrogen and oxygen atoms in total. The van der Waals surface area contributed by atoms with E-state index in [1.807, 2.05) is 19.0 Å². The molecule has 2 heterocycles. The van der Waals surface area contributed by atoms with E-state index in [-0.39, 0.29) is 17.1 Å². The first-order valence-corrected chi connectivity index (χ1v) is 6.11. The lowest BCUT2D eigenvalue weighted by Gasteiger charge is -2.10. The number of aryl methyl sites for hydroxylation is 1. The van der Waals surface area contributed by atoms with Crippen LogP contribution in [0.3, 0.4) is 0 Å². The quantitative estimate of drug-likeness (QED) is 0.719. The number of fused-ring (bicyclic) bond motifs is 1. The van der Waals surface area contributed by atoms with Crippen LogP contribution in [-0.4, -0.2) is 56.4 Å². The number of aromatic nitrogens is 5. The van der Waals surface area contributed by atoms with E-state index in [1.54, 1.807) is 0 Å². The van der Waals surface area contributed by atoms with Crippen LogP contribution in [0.15, 0.2) is 9.59 Å². The fourth-order valence-electron chi connectivity index (χ4n) is 1.72. The Kier molecular flexibility index (Phi) is 3.79. The molecule has 0 aromatic carbocycles. The van der Waals surface area contributed by atoms with Crippen LogP contribution in [0.1, 0.15) is 0 Å². The molecular weight excluding hydrogens is 262 g/mol. The molecule has 2 rings (SSSR count). The van der Waals surface area contributed by atoms with Gasteiger partial charge in [-0.05, 0) is 14.1 Å². The molecule has 0 spiro atoms. The number of likely N-dealkylation sites (N-methyl/N-ethyl adjacent to an activating group) is 1. The number of nitrogens with one attached hydrogen (secondary N) is 1. The summed E-state index contributed by atoms with van der Waals surface area (Å²) in [5.74, 6) is 0.273. The number of nitrogens with zero attached hydrogens (tertiary/aromatic N) is 6. The van der Waals surface area contributed by atoms with Crippen molar-refractivity contribution in [2.75, 3.05) is 32.5 Å². The summed E-state index contributed by atoms with van der Waals surface area (Å²) in [5.41, 5.74) is -0.631.